The molecular formula is C27H30N4O3S. The molecule has 0 unspecified atom stereocenters. The summed E-state index contributed by atoms with van der Waals surface area (Å²) in [7, 11) is -4.20. The minimum Gasteiger partial charge on any atom is -0.384 e. The van der Waals surface area contributed by atoms with Crippen molar-refractivity contribution in [3.05, 3.63) is 88.1 Å². The summed E-state index contributed by atoms with van der Waals surface area (Å²) in [6.07, 6.45) is 1.93. The van der Waals surface area contributed by atoms with Crippen molar-refractivity contribution < 1.29 is 13.2 Å². The molecule has 3 N–H and O–H groups in total. The quantitative estimate of drug-likeness (QED) is 0.392. The summed E-state index contributed by atoms with van der Waals surface area (Å²) in [5.74, 6) is -0.659. The van der Waals surface area contributed by atoms with Gasteiger partial charge in [-0.05, 0) is 79.8 Å². The van der Waals surface area contributed by atoms with Gasteiger partial charge in [0, 0.05) is 17.4 Å². The number of anilines is 1. The number of fused-ring (bicyclic) bond motifs is 1. The Labute approximate surface area is 206 Å². The number of carbonyl (C=O) groups excluding carboxylic acids is 1. The smallest absolute Gasteiger partial charge is 0.281 e. The molecule has 0 fully saturated rings. The Morgan fingerprint density at radius 1 is 1.03 bits per heavy atom. The van der Waals surface area contributed by atoms with Crippen molar-refractivity contribution >= 4 is 32.7 Å². The fourth-order valence-electron chi connectivity index (χ4n) is 4.55. The number of rotatable bonds is 7. The number of nitrogen functional groups attached to an aromatic ring is 1. The van der Waals surface area contributed by atoms with Crippen LogP contribution in [0.25, 0.3) is 10.9 Å². The lowest BCUT2D eigenvalue weighted by Gasteiger charge is -2.16. The summed E-state index contributed by atoms with van der Waals surface area (Å²) in [4.78, 5) is 17.2. The van der Waals surface area contributed by atoms with Crippen LogP contribution in [0.5, 0.6) is 0 Å². The van der Waals surface area contributed by atoms with Gasteiger partial charge in [0.25, 0.3) is 15.9 Å². The topological polar surface area (TPSA) is 107 Å². The molecule has 0 aliphatic carbocycles. The number of benzene rings is 2. The van der Waals surface area contributed by atoms with Crippen molar-refractivity contribution in [3.63, 3.8) is 0 Å². The molecule has 2 aromatic heterocycles. The fraction of sp³-hybridized carbons (Fsp3) is 0.259. The predicted octanol–water partition coefficient (Wildman–Crippen LogP) is 4.66. The SMILES string of the molecule is CCCc1ccc2c(c1)cc(C(=O)NS(=O)(=O)c1cccc(N)n1)n2Cc1c(C)cc(C)cc1C. The van der Waals surface area contributed by atoms with Gasteiger partial charge in [-0.25, -0.2) is 9.71 Å². The number of aryl methyl sites for hydroxylation is 4. The molecule has 0 atom stereocenters. The van der Waals surface area contributed by atoms with Crippen molar-refractivity contribution in [2.24, 2.45) is 0 Å². The summed E-state index contributed by atoms with van der Waals surface area (Å²) in [5, 5.41) is 0.590. The van der Waals surface area contributed by atoms with Gasteiger partial charge in [0.1, 0.15) is 11.5 Å². The Bertz CT molecular complexity index is 1510. The number of hydrogen-bond acceptors (Lipinski definition) is 5. The van der Waals surface area contributed by atoms with Crippen LogP contribution >= 0.6 is 0 Å². The largest absolute Gasteiger partial charge is 0.384 e. The Kier molecular flexibility index (Phi) is 6.67. The van der Waals surface area contributed by atoms with Gasteiger partial charge in [-0.2, -0.15) is 8.42 Å². The maximum Gasteiger partial charge on any atom is 0.281 e. The zero-order valence-electron chi connectivity index (χ0n) is 20.4. The maximum absolute atomic E-state index is 13.4. The van der Waals surface area contributed by atoms with Crippen molar-refractivity contribution in [2.75, 3.05) is 5.73 Å². The van der Waals surface area contributed by atoms with E-state index in [1.165, 1.54) is 29.3 Å². The van der Waals surface area contributed by atoms with Crippen LogP contribution in [0.1, 0.15) is 51.7 Å². The van der Waals surface area contributed by atoms with Gasteiger partial charge in [-0.3, -0.25) is 4.79 Å². The highest BCUT2D eigenvalue weighted by Crippen LogP contribution is 2.26. The second kappa shape index (κ2) is 9.54. The van der Waals surface area contributed by atoms with Gasteiger partial charge in [-0.1, -0.05) is 43.2 Å². The van der Waals surface area contributed by atoms with Gasteiger partial charge in [0.15, 0.2) is 5.03 Å². The van der Waals surface area contributed by atoms with Crippen molar-refractivity contribution in [3.8, 4) is 0 Å². The lowest BCUT2D eigenvalue weighted by Crippen LogP contribution is -2.32. The third kappa shape index (κ3) is 5.07. The standard InChI is InChI=1S/C27H30N4O3S/c1-5-7-20-10-11-23-21(14-20)15-24(31(23)16-22-18(3)12-17(2)13-19(22)4)27(32)30-35(33,34)26-9-6-8-25(28)29-26/h6,8-15H,5,7,16H2,1-4H3,(H2,28,29)(H,30,32). The molecular weight excluding hydrogens is 460 g/mol. The van der Waals surface area contributed by atoms with E-state index >= 15 is 0 Å². The first-order valence-electron chi connectivity index (χ1n) is 11.6. The highest BCUT2D eigenvalue weighted by Gasteiger charge is 2.24. The van der Waals surface area contributed by atoms with Crippen LogP contribution in [-0.4, -0.2) is 23.9 Å². The van der Waals surface area contributed by atoms with E-state index in [4.69, 9.17) is 5.73 Å². The minimum atomic E-state index is -4.20. The van der Waals surface area contributed by atoms with Gasteiger partial charge in [0.2, 0.25) is 0 Å². The second-order valence-electron chi connectivity index (χ2n) is 8.97. The van der Waals surface area contributed by atoms with Gasteiger partial charge in [-0.15, -0.1) is 0 Å². The van der Waals surface area contributed by atoms with E-state index in [-0.39, 0.29) is 16.5 Å². The number of nitrogens with zero attached hydrogens (tertiary/aromatic N) is 2. The van der Waals surface area contributed by atoms with E-state index in [0.717, 1.165) is 40.4 Å². The number of sulfonamides is 1. The monoisotopic (exact) mass is 490 g/mol. The van der Waals surface area contributed by atoms with Crippen LogP contribution in [0.3, 0.4) is 0 Å². The molecule has 0 spiro atoms. The van der Waals surface area contributed by atoms with Gasteiger partial charge >= 0.3 is 0 Å². The molecule has 2 heterocycles. The Morgan fingerprint density at radius 2 is 1.74 bits per heavy atom. The Balaban J connectivity index is 1.81. The predicted molar refractivity (Wildman–Crippen MR) is 139 cm³/mol. The maximum atomic E-state index is 13.4. The van der Waals surface area contributed by atoms with E-state index in [1.54, 1.807) is 6.07 Å². The summed E-state index contributed by atoms with van der Waals surface area (Å²) >= 11 is 0. The second-order valence-corrected chi connectivity index (χ2v) is 10.6. The molecule has 0 saturated carbocycles. The summed E-state index contributed by atoms with van der Waals surface area (Å²) in [6.45, 7) is 8.71. The number of carbonyl (C=O) groups is 1. The Hall–Kier alpha value is -3.65. The highest BCUT2D eigenvalue weighted by atomic mass is 32.2. The van der Waals surface area contributed by atoms with Crippen molar-refractivity contribution in [1.82, 2.24) is 14.3 Å². The molecule has 0 bridgehead atoms. The number of hydrogen-bond donors (Lipinski definition) is 2. The highest BCUT2D eigenvalue weighted by molar-refractivity contribution is 7.90. The molecule has 7 nitrogen and oxygen atoms in total. The van der Waals surface area contributed by atoms with E-state index in [9.17, 15) is 13.2 Å². The van der Waals surface area contributed by atoms with E-state index < -0.39 is 15.9 Å². The fourth-order valence-corrected chi connectivity index (χ4v) is 5.48. The first-order valence-corrected chi connectivity index (χ1v) is 13.1. The summed E-state index contributed by atoms with van der Waals surface area (Å²) in [6, 6.07) is 16.4. The van der Waals surface area contributed by atoms with E-state index in [2.05, 4.69) is 61.7 Å². The van der Waals surface area contributed by atoms with Crippen LogP contribution in [0.2, 0.25) is 0 Å². The third-order valence-corrected chi connectivity index (χ3v) is 7.37. The molecule has 4 aromatic rings. The summed E-state index contributed by atoms with van der Waals surface area (Å²) < 4.78 is 29.8. The average Bonchev–Trinajstić information content (AvgIpc) is 3.14. The molecule has 0 aliphatic heterocycles. The van der Waals surface area contributed by atoms with Crippen molar-refractivity contribution in [2.45, 2.75) is 52.1 Å². The zero-order valence-corrected chi connectivity index (χ0v) is 21.2. The third-order valence-electron chi connectivity index (χ3n) is 6.14. The molecule has 8 heteroatoms. The van der Waals surface area contributed by atoms with Crippen LogP contribution in [0.4, 0.5) is 5.82 Å². The lowest BCUT2D eigenvalue weighted by molar-refractivity contribution is 0.0973. The van der Waals surface area contributed by atoms with Crippen LogP contribution in [0.15, 0.2) is 59.6 Å². The number of nitrogens with one attached hydrogen (secondary N) is 1. The average molecular weight is 491 g/mol. The lowest BCUT2D eigenvalue weighted by atomic mass is 9.99. The van der Waals surface area contributed by atoms with E-state index in [1.807, 2.05) is 10.6 Å². The summed E-state index contributed by atoms with van der Waals surface area (Å²) in [5.41, 5.74) is 12.5. The van der Waals surface area contributed by atoms with Gasteiger partial charge < -0.3 is 10.3 Å². The normalized spacial score (nSPS) is 11.7. The molecule has 2 aromatic carbocycles. The number of aromatic nitrogens is 2. The Morgan fingerprint density at radius 3 is 2.40 bits per heavy atom. The molecule has 0 radical (unpaired) electrons. The van der Waals surface area contributed by atoms with Crippen LogP contribution in [0, 0.1) is 20.8 Å². The van der Waals surface area contributed by atoms with Gasteiger partial charge in [0.05, 0.1) is 0 Å². The van der Waals surface area contributed by atoms with Crippen LogP contribution in [-0.2, 0) is 23.0 Å². The molecule has 1 amide bonds. The number of amides is 1. The minimum absolute atomic E-state index is 0.0585. The van der Waals surface area contributed by atoms with Crippen LogP contribution < -0.4 is 10.5 Å². The first kappa shape index (κ1) is 24.5. The molecule has 35 heavy (non-hydrogen) atoms. The molecule has 0 saturated heterocycles. The zero-order chi connectivity index (χ0) is 25.3. The number of pyridine rings is 1. The number of nitrogens with two attached hydrogens (primary N) is 1. The molecule has 4 rings (SSSR count). The van der Waals surface area contributed by atoms with Crippen molar-refractivity contribution in [1.29, 1.82) is 0 Å². The first-order chi connectivity index (χ1) is 16.6. The molecule has 0 aliphatic rings. The van der Waals surface area contributed by atoms with E-state index in [0.29, 0.717) is 6.54 Å². The molecule has 182 valence electrons.